The quantitative estimate of drug-likeness (QED) is 0.680. The second-order valence-electron chi connectivity index (χ2n) is 4.25. The molecule has 1 fully saturated rings. The van der Waals surface area contributed by atoms with Gasteiger partial charge in [0.25, 0.3) is 5.56 Å². The molecule has 1 aromatic heterocycles. The van der Waals surface area contributed by atoms with Crippen LogP contribution in [-0.4, -0.2) is 40.6 Å². The molecular formula is C10H14FN3O3. The molecule has 6 nitrogen and oxygen atoms in total. The zero-order valence-electron chi connectivity index (χ0n) is 9.39. The van der Waals surface area contributed by atoms with Crippen LogP contribution in [0.3, 0.4) is 0 Å². The molecule has 0 saturated carbocycles. The van der Waals surface area contributed by atoms with E-state index in [9.17, 15) is 14.0 Å². The monoisotopic (exact) mass is 243 g/mol. The lowest BCUT2D eigenvalue weighted by atomic mass is 10.1. The highest BCUT2D eigenvalue weighted by Gasteiger charge is 2.33. The Morgan fingerprint density at radius 2 is 2.24 bits per heavy atom. The van der Waals surface area contributed by atoms with E-state index in [4.69, 9.17) is 5.11 Å². The van der Waals surface area contributed by atoms with E-state index in [2.05, 4.69) is 4.98 Å². The summed E-state index contributed by atoms with van der Waals surface area (Å²) in [5, 5.41) is 10.4. The van der Waals surface area contributed by atoms with Gasteiger partial charge in [-0.15, -0.1) is 0 Å². The topological polar surface area (TPSA) is 78.3 Å². The van der Waals surface area contributed by atoms with E-state index in [-0.39, 0.29) is 19.7 Å². The number of rotatable bonds is 2. The molecule has 7 heteroatoms. The standard InChI is InChI=1S/C10H14FN3O3/c1-6-2-14(10(17)12-9(6)16)13-3-7(5-15)8(11)4-13/h2,7-8,15H,3-5H2,1H3,(H,12,16,17)/t7-,8+/m1/s1. The van der Waals surface area contributed by atoms with Crippen LogP contribution in [-0.2, 0) is 0 Å². The molecule has 1 aromatic rings. The van der Waals surface area contributed by atoms with Gasteiger partial charge in [0.15, 0.2) is 0 Å². The van der Waals surface area contributed by atoms with Crippen molar-refractivity contribution in [3.05, 3.63) is 32.6 Å². The van der Waals surface area contributed by atoms with Crippen LogP contribution in [0.5, 0.6) is 0 Å². The first-order valence-corrected chi connectivity index (χ1v) is 5.35. The van der Waals surface area contributed by atoms with Crippen molar-refractivity contribution in [2.24, 2.45) is 5.92 Å². The normalized spacial score (nSPS) is 24.3. The zero-order valence-corrected chi connectivity index (χ0v) is 9.39. The second kappa shape index (κ2) is 4.33. The lowest BCUT2D eigenvalue weighted by Crippen LogP contribution is -2.44. The number of aliphatic hydroxyl groups excluding tert-OH is 1. The molecule has 0 aliphatic carbocycles. The molecule has 2 atom stereocenters. The molecule has 0 aromatic carbocycles. The van der Waals surface area contributed by atoms with Crippen molar-refractivity contribution in [1.29, 1.82) is 0 Å². The van der Waals surface area contributed by atoms with Crippen molar-refractivity contribution in [1.82, 2.24) is 9.66 Å². The van der Waals surface area contributed by atoms with Crippen LogP contribution < -0.4 is 16.3 Å². The molecule has 0 amide bonds. The number of aryl methyl sites for hydroxylation is 1. The van der Waals surface area contributed by atoms with E-state index in [0.29, 0.717) is 5.56 Å². The third kappa shape index (κ3) is 2.10. The fourth-order valence-corrected chi connectivity index (χ4v) is 1.92. The van der Waals surface area contributed by atoms with Gasteiger partial charge >= 0.3 is 5.69 Å². The van der Waals surface area contributed by atoms with Gasteiger partial charge in [0.1, 0.15) is 6.17 Å². The molecule has 2 heterocycles. The third-order valence-corrected chi connectivity index (χ3v) is 2.98. The van der Waals surface area contributed by atoms with Crippen molar-refractivity contribution in [3.8, 4) is 0 Å². The number of alkyl halides is 1. The van der Waals surface area contributed by atoms with E-state index in [1.165, 1.54) is 15.9 Å². The number of H-pyrrole nitrogens is 1. The van der Waals surface area contributed by atoms with Gasteiger partial charge in [-0.3, -0.25) is 9.78 Å². The van der Waals surface area contributed by atoms with E-state index in [1.54, 1.807) is 6.92 Å². The average molecular weight is 243 g/mol. The summed E-state index contributed by atoms with van der Waals surface area (Å²) in [5.41, 5.74) is -0.653. The first kappa shape index (κ1) is 11.8. The lowest BCUT2D eigenvalue weighted by Gasteiger charge is -2.20. The van der Waals surface area contributed by atoms with Crippen molar-refractivity contribution in [2.75, 3.05) is 24.7 Å². The number of aromatic amines is 1. The number of nitrogens with one attached hydrogen (secondary N) is 1. The number of nitrogens with zero attached hydrogens (tertiary/aromatic N) is 2. The highest BCUT2D eigenvalue weighted by molar-refractivity contribution is 5.07. The molecule has 1 saturated heterocycles. The minimum Gasteiger partial charge on any atom is -0.396 e. The molecule has 2 N–H and O–H groups in total. The first-order valence-electron chi connectivity index (χ1n) is 5.35. The third-order valence-electron chi connectivity index (χ3n) is 2.98. The van der Waals surface area contributed by atoms with E-state index < -0.39 is 23.3 Å². The summed E-state index contributed by atoms with van der Waals surface area (Å²) in [5.74, 6) is -0.492. The number of aromatic nitrogens is 2. The van der Waals surface area contributed by atoms with Crippen LogP contribution in [0.2, 0.25) is 0 Å². The van der Waals surface area contributed by atoms with Gasteiger partial charge in [-0.2, -0.15) is 0 Å². The largest absolute Gasteiger partial charge is 0.396 e. The fraction of sp³-hybridized carbons (Fsp3) is 0.600. The summed E-state index contributed by atoms with van der Waals surface area (Å²) in [4.78, 5) is 24.9. The summed E-state index contributed by atoms with van der Waals surface area (Å²) >= 11 is 0. The summed E-state index contributed by atoms with van der Waals surface area (Å²) in [7, 11) is 0. The second-order valence-corrected chi connectivity index (χ2v) is 4.25. The molecular weight excluding hydrogens is 229 g/mol. The Labute approximate surface area is 96.3 Å². The van der Waals surface area contributed by atoms with E-state index in [1.807, 2.05) is 0 Å². The first-order chi connectivity index (χ1) is 8.02. The van der Waals surface area contributed by atoms with Crippen LogP contribution in [0.15, 0.2) is 15.8 Å². The fourth-order valence-electron chi connectivity index (χ4n) is 1.92. The summed E-state index contributed by atoms with van der Waals surface area (Å²) in [6.45, 7) is 1.61. The minimum absolute atomic E-state index is 0.0383. The predicted octanol–water partition coefficient (Wildman–Crippen LogP) is -1.26. The smallest absolute Gasteiger partial charge is 0.347 e. The molecule has 1 aliphatic rings. The predicted molar refractivity (Wildman–Crippen MR) is 59.5 cm³/mol. The van der Waals surface area contributed by atoms with Crippen LogP contribution in [0.1, 0.15) is 5.56 Å². The van der Waals surface area contributed by atoms with Gasteiger partial charge in [0.05, 0.1) is 13.2 Å². The van der Waals surface area contributed by atoms with Crippen molar-refractivity contribution in [3.63, 3.8) is 0 Å². The molecule has 0 radical (unpaired) electrons. The van der Waals surface area contributed by atoms with E-state index in [0.717, 1.165) is 0 Å². The van der Waals surface area contributed by atoms with Crippen molar-refractivity contribution in [2.45, 2.75) is 13.1 Å². The highest BCUT2D eigenvalue weighted by Crippen LogP contribution is 2.17. The average Bonchev–Trinajstić information content (AvgIpc) is 2.65. The van der Waals surface area contributed by atoms with Gasteiger partial charge in [0.2, 0.25) is 0 Å². The van der Waals surface area contributed by atoms with Crippen LogP contribution in [0, 0.1) is 12.8 Å². The number of hydrogen-bond acceptors (Lipinski definition) is 4. The SMILES string of the molecule is Cc1cn(N2C[C@H](CO)[C@@H](F)C2)c(=O)[nH]c1=O. The van der Waals surface area contributed by atoms with Gasteiger partial charge in [0, 0.05) is 24.2 Å². The van der Waals surface area contributed by atoms with Crippen LogP contribution >= 0.6 is 0 Å². The van der Waals surface area contributed by atoms with Gasteiger partial charge in [-0.05, 0) is 6.92 Å². The molecule has 2 rings (SSSR count). The molecule has 0 unspecified atom stereocenters. The van der Waals surface area contributed by atoms with E-state index >= 15 is 0 Å². The lowest BCUT2D eigenvalue weighted by molar-refractivity contribution is 0.175. The Morgan fingerprint density at radius 1 is 1.53 bits per heavy atom. The molecule has 94 valence electrons. The minimum atomic E-state index is -1.17. The van der Waals surface area contributed by atoms with Gasteiger partial charge in [-0.1, -0.05) is 0 Å². The maximum atomic E-state index is 13.4. The Bertz CT molecular complexity index is 524. The summed E-state index contributed by atoms with van der Waals surface area (Å²) in [6.07, 6.45) is 0.215. The number of halogens is 1. The van der Waals surface area contributed by atoms with Crippen LogP contribution in [0.4, 0.5) is 4.39 Å². The van der Waals surface area contributed by atoms with Crippen molar-refractivity contribution < 1.29 is 9.50 Å². The maximum absolute atomic E-state index is 13.4. The summed E-state index contributed by atoms with van der Waals surface area (Å²) < 4.78 is 14.6. The molecule has 1 aliphatic heterocycles. The summed E-state index contributed by atoms with van der Waals surface area (Å²) in [6, 6.07) is 0. The highest BCUT2D eigenvalue weighted by atomic mass is 19.1. The maximum Gasteiger partial charge on any atom is 0.347 e. The molecule has 0 spiro atoms. The van der Waals surface area contributed by atoms with Crippen LogP contribution in [0.25, 0.3) is 0 Å². The number of hydrogen-bond donors (Lipinski definition) is 2. The Balaban J connectivity index is 2.34. The zero-order chi connectivity index (χ0) is 12.6. The Hall–Kier alpha value is -1.63. The number of aliphatic hydroxyl groups is 1. The molecule has 17 heavy (non-hydrogen) atoms. The Morgan fingerprint density at radius 3 is 2.82 bits per heavy atom. The van der Waals surface area contributed by atoms with Gasteiger partial charge < -0.3 is 10.1 Å². The Kier molecular flexibility index (Phi) is 3.01. The van der Waals surface area contributed by atoms with Crippen molar-refractivity contribution >= 4 is 0 Å². The molecule has 0 bridgehead atoms. The van der Waals surface area contributed by atoms with Gasteiger partial charge in [-0.25, -0.2) is 13.9 Å².